The largest absolute Gasteiger partial charge is 0.481 e. The molecular formula is C8H10ClNO3. The first kappa shape index (κ1) is 10.3. The highest BCUT2D eigenvalue weighted by molar-refractivity contribution is 6.33. The molecule has 5 heteroatoms. The standard InChI is InChI=1S/C8H10ClNO3/c9-6(5-11)7(4-8(12)13)10-2-1-3-10/h7H,1-4H2,(H,12,13). The molecule has 0 aliphatic carbocycles. The lowest BCUT2D eigenvalue weighted by Crippen LogP contribution is -2.46. The molecule has 0 aromatic rings. The number of carboxylic acids is 1. The highest BCUT2D eigenvalue weighted by Crippen LogP contribution is 2.21. The minimum absolute atomic E-state index is 0.0397. The molecule has 1 fully saturated rings. The molecule has 0 aromatic heterocycles. The van der Waals surface area contributed by atoms with Crippen molar-refractivity contribution in [3.63, 3.8) is 0 Å². The second-order valence-corrected chi connectivity index (χ2v) is 3.36. The molecule has 4 nitrogen and oxygen atoms in total. The summed E-state index contributed by atoms with van der Waals surface area (Å²) in [6, 6.07) is -0.481. The normalized spacial score (nSPS) is 18.5. The summed E-state index contributed by atoms with van der Waals surface area (Å²) in [6.45, 7) is 1.60. The maximum Gasteiger partial charge on any atom is 0.305 e. The second kappa shape index (κ2) is 4.42. The molecule has 72 valence electrons. The number of hydrogen-bond donors (Lipinski definition) is 1. The molecule has 1 aliphatic rings. The van der Waals surface area contributed by atoms with Crippen LogP contribution in [0.5, 0.6) is 0 Å². The number of carbonyl (C=O) groups is 1. The van der Waals surface area contributed by atoms with Crippen molar-refractivity contribution < 1.29 is 14.7 Å². The minimum Gasteiger partial charge on any atom is -0.481 e. The number of carbonyl (C=O) groups excluding carboxylic acids is 1. The van der Waals surface area contributed by atoms with Crippen molar-refractivity contribution in [3.8, 4) is 0 Å². The van der Waals surface area contributed by atoms with Gasteiger partial charge in [0.2, 0.25) is 0 Å². The van der Waals surface area contributed by atoms with Crippen LogP contribution in [0, 0.1) is 0 Å². The number of nitrogens with zero attached hydrogens (tertiary/aromatic N) is 1. The van der Waals surface area contributed by atoms with E-state index in [1.165, 1.54) is 0 Å². The number of halogens is 1. The maximum atomic E-state index is 10.4. The van der Waals surface area contributed by atoms with Gasteiger partial charge in [0.05, 0.1) is 12.5 Å². The summed E-state index contributed by atoms with van der Waals surface area (Å²) < 4.78 is 0. The van der Waals surface area contributed by atoms with Gasteiger partial charge in [-0.25, -0.2) is 4.79 Å². The van der Waals surface area contributed by atoms with Gasteiger partial charge in [-0.2, -0.15) is 0 Å². The molecule has 0 spiro atoms. The number of hydrogen-bond acceptors (Lipinski definition) is 3. The van der Waals surface area contributed by atoms with Crippen molar-refractivity contribution >= 4 is 23.5 Å². The molecule has 0 radical (unpaired) electrons. The summed E-state index contributed by atoms with van der Waals surface area (Å²) in [5.41, 5.74) is 0. The van der Waals surface area contributed by atoms with Crippen LogP contribution in [0.25, 0.3) is 0 Å². The first-order chi connectivity index (χ1) is 6.15. The van der Waals surface area contributed by atoms with Gasteiger partial charge in [-0.3, -0.25) is 9.69 Å². The lowest BCUT2D eigenvalue weighted by molar-refractivity contribution is -0.138. The molecule has 1 unspecified atom stereocenters. The third-order valence-corrected chi connectivity index (χ3v) is 2.42. The predicted octanol–water partition coefficient (Wildman–Crippen LogP) is 0.490. The van der Waals surface area contributed by atoms with E-state index in [9.17, 15) is 9.59 Å². The molecule has 1 aliphatic heterocycles. The molecule has 13 heavy (non-hydrogen) atoms. The first-order valence-electron chi connectivity index (χ1n) is 4.01. The number of likely N-dealkylation sites (tertiary alicyclic amines) is 1. The van der Waals surface area contributed by atoms with Gasteiger partial charge in [-0.1, -0.05) is 11.6 Å². The Hall–Kier alpha value is -0.830. The zero-order valence-corrected chi connectivity index (χ0v) is 7.75. The Bertz CT molecular complexity index is 256. The van der Waals surface area contributed by atoms with Crippen LogP contribution >= 0.6 is 11.6 Å². The Labute approximate surface area is 80.8 Å². The van der Waals surface area contributed by atoms with E-state index in [1.807, 2.05) is 4.90 Å². The summed E-state index contributed by atoms with van der Waals surface area (Å²) in [7, 11) is 0. The summed E-state index contributed by atoms with van der Waals surface area (Å²) in [4.78, 5) is 22.6. The minimum atomic E-state index is -0.953. The maximum absolute atomic E-state index is 10.4. The number of rotatable bonds is 4. The highest BCUT2D eigenvalue weighted by atomic mass is 35.5. The van der Waals surface area contributed by atoms with Gasteiger partial charge in [0.15, 0.2) is 0 Å². The van der Waals surface area contributed by atoms with Crippen LogP contribution in [0.4, 0.5) is 0 Å². The topological polar surface area (TPSA) is 57.6 Å². The Morgan fingerprint density at radius 1 is 1.62 bits per heavy atom. The van der Waals surface area contributed by atoms with Crippen molar-refractivity contribution in [1.82, 2.24) is 4.90 Å². The van der Waals surface area contributed by atoms with Crippen LogP contribution in [0.2, 0.25) is 0 Å². The van der Waals surface area contributed by atoms with E-state index < -0.39 is 12.0 Å². The molecule has 0 bridgehead atoms. The fraction of sp³-hybridized carbons (Fsp3) is 0.625. The van der Waals surface area contributed by atoms with Crippen molar-refractivity contribution in [2.45, 2.75) is 18.9 Å². The molecule has 1 rings (SSSR count). The lowest BCUT2D eigenvalue weighted by atomic mass is 10.1. The van der Waals surface area contributed by atoms with E-state index in [2.05, 4.69) is 0 Å². The van der Waals surface area contributed by atoms with Gasteiger partial charge < -0.3 is 5.11 Å². The Balaban J connectivity index is 2.63. The molecule has 1 atom stereocenters. The first-order valence-corrected chi connectivity index (χ1v) is 4.39. The van der Waals surface area contributed by atoms with Crippen LogP contribution in [0.1, 0.15) is 12.8 Å². The van der Waals surface area contributed by atoms with Gasteiger partial charge in [0.1, 0.15) is 11.0 Å². The number of aliphatic carboxylic acids is 1. The van der Waals surface area contributed by atoms with E-state index in [0.717, 1.165) is 19.5 Å². The van der Waals surface area contributed by atoms with Crippen LogP contribution < -0.4 is 0 Å². The van der Waals surface area contributed by atoms with Gasteiger partial charge in [0, 0.05) is 13.1 Å². The summed E-state index contributed by atoms with van der Waals surface area (Å²) in [6.07, 6.45) is 0.896. The Morgan fingerprint density at radius 3 is 2.54 bits per heavy atom. The van der Waals surface area contributed by atoms with Gasteiger partial charge >= 0.3 is 5.97 Å². The zero-order valence-electron chi connectivity index (χ0n) is 6.99. The molecule has 1 heterocycles. The predicted molar refractivity (Wildman–Crippen MR) is 47.3 cm³/mol. The van der Waals surface area contributed by atoms with Crippen LogP contribution in [0.15, 0.2) is 5.03 Å². The van der Waals surface area contributed by atoms with Crippen molar-refractivity contribution in [2.24, 2.45) is 0 Å². The molecule has 0 saturated carbocycles. The van der Waals surface area contributed by atoms with Crippen molar-refractivity contribution in [2.75, 3.05) is 13.1 Å². The van der Waals surface area contributed by atoms with E-state index in [1.54, 1.807) is 5.94 Å². The quantitative estimate of drug-likeness (QED) is 0.676. The molecule has 0 aromatic carbocycles. The van der Waals surface area contributed by atoms with Crippen LogP contribution in [0.3, 0.4) is 0 Å². The monoisotopic (exact) mass is 203 g/mol. The molecule has 0 amide bonds. The fourth-order valence-electron chi connectivity index (χ4n) is 1.26. The summed E-state index contributed by atoms with van der Waals surface area (Å²) >= 11 is 5.57. The number of carboxylic acid groups (broad SMARTS) is 1. The lowest BCUT2D eigenvalue weighted by Gasteiger charge is -2.36. The third-order valence-electron chi connectivity index (χ3n) is 2.09. The van der Waals surface area contributed by atoms with Gasteiger partial charge in [-0.15, -0.1) is 0 Å². The Kier molecular flexibility index (Phi) is 3.48. The third kappa shape index (κ3) is 2.56. The fourth-order valence-corrected chi connectivity index (χ4v) is 1.48. The average molecular weight is 204 g/mol. The van der Waals surface area contributed by atoms with Gasteiger partial charge in [0.25, 0.3) is 0 Å². The smallest absolute Gasteiger partial charge is 0.305 e. The Morgan fingerprint density at radius 2 is 2.23 bits per heavy atom. The van der Waals surface area contributed by atoms with E-state index in [4.69, 9.17) is 16.7 Å². The summed E-state index contributed by atoms with van der Waals surface area (Å²) in [5.74, 6) is 0.593. The SMILES string of the molecule is O=C=C(Cl)C(CC(=O)O)N1CCC1. The van der Waals surface area contributed by atoms with Gasteiger partial charge in [-0.05, 0) is 6.42 Å². The van der Waals surface area contributed by atoms with Crippen molar-refractivity contribution in [1.29, 1.82) is 0 Å². The van der Waals surface area contributed by atoms with Crippen LogP contribution in [-0.2, 0) is 9.59 Å². The highest BCUT2D eigenvalue weighted by Gasteiger charge is 2.28. The van der Waals surface area contributed by atoms with E-state index in [-0.39, 0.29) is 11.5 Å². The van der Waals surface area contributed by atoms with E-state index >= 15 is 0 Å². The zero-order chi connectivity index (χ0) is 9.84. The second-order valence-electron chi connectivity index (χ2n) is 2.95. The van der Waals surface area contributed by atoms with Crippen molar-refractivity contribution in [3.05, 3.63) is 5.03 Å². The summed E-state index contributed by atoms with van der Waals surface area (Å²) in [5, 5.41) is 8.53. The van der Waals surface area contributed by atoms with E-state index in [0.29, 0.717) is 0 Å². The molecule has 1 N–H and O–H groups in total. The average Bonchev–Trinajstić information content (AvgIpc) is 1.98. The molecule has 1 saturated heterocycles. The van der Waals surface area contributed by atoms with Crippen LogP contribution in [-0.4, -0.2) is 41.0 Å². The molecular weight excluding hydrogens is 194 g/mol.